The first kappa shape index (κ1) is 23.9. The number of halogens is 1. The van der Waals surface area contributed by atoms with Crippen LogP contribution in [0.3, 0.4) is 0 Å². The van der Waals surface area contributed by atoms with Crippen LogP contribution < -0.4 is 4.72 Å². The van der Waals surface area contributed by atoms with Crippen LogP contribution in [0.1, 0.15) is 27.9 Å². The maximum Gasteiger partial charge on any atom is 0.262 e. The maximum atomic E-state index is 14.0. The van der Waals surface area contributed by atoms with Crippen molar-refractivity contribution in [3.05, 3.63) is 95.3 Å². The van der Waals surface area contributed by atoms with Gasteiger partial charge < -0.3 is 4.90 Å². The molecule has 8 heteroatoms. The summed E-state index contributed by atoms with van der Waals surface area (Å²) in [6.07, 6.45) is 0.838. The molecule has 178 valence electrons. The molecule has 1 amide bonds. The van der Waals surface area contributed by atoms with Gasteiger partial charge in [0.15, 0.2) is 0 Å². The minimum absolute atomic E-state index is 0.0785. The zero-order valence-electron chi connectivity index (χ0n) is 19.1. The van der Waals surface area contributed by atoms with Gasteiger partial charge in [0.2, 0.25) is 0 Å². The number of nitrogens with zero attached hydrogens (tertiary/aromatic N) is 2. The molecule has 3 aromatic carbocycles. The van der Waals surface area contributed by atoms with E-state index in [2.05, 4.69) is 21.8 Å². The fourth-order valence-electron chi connectivity index (χ4n) is 4.09. The molecule has 34 heavy (non-hydrogen) atoms. The number of sulfonamides is 1. The number of carbonyl (C=O) groups excluding carboxylic acids is 1. The van der Waals surface area contributed by atoms with Crippen molar-refractivity contribution >= 4 is 21.6 Å². The number of carbonyl (C=O) groups is 1. The van der Waals surface area contributed by atoms with Crippen LogP contribution in [0.4, 0.5) is 10.1 Å². The zero-order valence-corrected chi connectivity index (χ0v) is 19.9. The number of aryl methyl sites for hydroxylation is 1. The largest absolute Gasteiger partial charge is 0.337 e. The van der Waals surface area contributed by atoms with Crippen molar-refractivity contribution in [1.82, 2.24) is 9.80 Å². The van der Waals surface area contributed by atoms with Crippen LogP contribution in [0.25, 0.3) is 0 Å². The fraction of sp³-hybridized carbons (Fsp3) is 0.269. The molecule has 1 N–H and O–H groups in total. The summed E-state index contributed by atoms with van der Waals surface area (Å²) >= 11 is 0. The Morgan fingerprint density at radius 3 is 2.44 bits per heavy atom. The van der Waals surface area contributed by atoms with Gasteiger partial charge in [0.05, 0.1) is 10.6 Å². The summed E-state index contributed by atoms with van der Waals surface area (Å²) in [6.45, 7) is 5.42. The quantitative estimate of drug-likeness (QED) is 0.571. The van der Waals surface area contributed by atoms with Crippen molar-refractivity contribution in [1.29, 1.82) is 0 Å². The summed E-state index contributed by atoms with van der Waals surface area (Å²) in [4.78, 5) is 17.4. The number of hydrogen-bond donors (Lipinski definition) is 1. The Morgan fingerprint density at radius 1 is 0.941 bits per heavy atom. The third-order valence-corrected chi connectivity index (χ3v) is 7.36. The summed E-state index contributed by atoms with van der Waals surface area (Å²) in [5.41, 5.74) is 2.13. The maximum absolute atomic E-state index is 14.0. The monoisotopic (exact) mass is 481 g/mol. The van der Waals surface area contributed by atoms with Crippen molar-refractivity contribution in [2.45, 2.75) is 24.8 Å². The standard InChI is InChI=1S/C26H28FN3O3S/c1-20-12-13-22(34(32,33)28-25-11-6-5-10-24(25)27)18-23(20)26(31)30-15-7-14-29(16-17-30)19-21-8-3-2-4-9-21/h2-6,8-13,18,28H,7,14-17,19H2,1H3. The Kier molecular flexibility index (Phi) is 7.29. The van der Waals surface area contributed by atoms with E-state index in [-0.39, 0.29) is 16.5 Å². The third kappa shape index (κ3) is 5.63. The van der Waals surface area contributed by atoms with E-state index in [1.54, 1.807) is 24.0 Å². The highest BCUT2D eigenvalue weighted by atomic mass is 32.2. The summed E-state index contributed by atoms with van der Waals surface area (Å²) in [5, 5.41) is 0. The van der Waals surface area contributed by atoms with Gasteiger partial charge in [-0.3, -0.25) is 14.4 Å². The molecule has 0 radical (unpaired) electrons. The van der Waals surface area contributed by atoms with Crippen molar-refractivity contribution in [3.63, 3.8) is 0 Å². The first-order valence-corrected chi connectivity index (χ1v) is 12.8. The molecule has 0 bridgehead atoms. The van der Waals surface area contributed by atoms with Crippen LogP contribution in [0, 0.1) is 12.7 Å². The normalized spacial score (nSPS) is 15.1. The lowest BCUT2D eigenvalue weighted by molar-refractivity contribution is 0.0760. The van der Waals surface area contributed by atoms with E-state index in [9.17, 15) is 17.6 Å². The molecule has 1 saturated heterocycles. The Balaban J connectivity index is 1.49. The lowest BCUT2D eigenvalue weighted by atomic mass is 10.1. The van der Waals surface area contributed by atoms with Gasteiger partial charge in [-0.15, -0.1) is 0 Å². The predicted octanol–water partition coefficient (Wildman–Crippen LogP) is 4.28. The topological polar surface area (TPSA) is 69.7 Å². The number of anilines is 1. The Morgan fingerprint density at radius 2 is 1.68 bits per heavy atom. The van der Waals surface area contributed by atoms with Crippen LogP contribution in [0.2, 0.25) is 0 Å². The second-order valence-corrected chi connectivity index (χ2v) is 10.2. The third-order valence-electron chi connectivity index (χ3n) is 5.99. The van der Waals surface area contributed by atoms with Crippen molar-refractivity contribution in [2.24, 2.45) is 0 Å². The molecule has 0 spiro atoms. The predicted molar refractivity (Wildman–Crippen MR) is 131 cm³/mol. The van der Waals surface area contributed by atoms with E-state index in [0.717, 1.165) is 26.1 Å². The van der Waals surface area contributed by atoms with Gasteiger partial charge in [0.1, 0.15) is 5.82 Å². The lowest BCUT2D eigenvalue weighted by Crippen LogP contribution is -2.35. The number of rotatable bonds is 6. The van der Waals surface area contributed by atoms with Gasteiger partial charge in [0.25, 0.3) is 15.9 Å². The first-order chi connectivity index (χ1) is 16.3. The van der Waals surface area contributed by atoms with Gasteiger partial charge in [-0.1, -0.05) is 48.5 Å². The molecule has 3 aromatic rings. The molecule has 1 heterocycles. The molecule has 0 unspecified atom stereocenters. The van der Waals surface area contributed by atoms with Crippen molar-refractivity contribution in [3.8, 4) is 0 Å². The minimum Gasteiger partial charge on any atom is -0.337 e. The molecular formula is C26H28FN3O3S. The molecule has 0 saturated carbocycles. The second kappa shape index (κ2) is 10.4. The zero-order chi connectivity index (χ0) is 24.1. The van der Waals surface area contributed by atoms with Gasteiger partial charge in [-0.2, -0.15) is 0 Å². The van der Waals surface area contributed by atoms with Gasteiger partial charge in [0, 0.05) is 38.3 Å². The van der Waals surface area contributed by atoms with Crippen LogP contribution >= 0.6 is 0 Å². The number of amides is 1. The molecule has 1 aliphatic rings. The molecule has 0 aliphatic carbocycles. The number of hydrogen-bond acceptors (Lipinski definition) is 4. The van der Waals surface area contributed by atoms with Gasteiger partial charge in [-0.05, 0) is 48.7 Å². The van der Waals surface area contributed by atoms with E-state index < -0.39 is 15.8 Å². The van der Waals surface area contributed by atoms with E-state index in [1.165, 1.54) is 35.9 Å². The number of para-hydroxylation sites is 1. The Hall–Kier alpha value is -3.23. The highest BCUT2D eigenvalue weighted by Crippen LogP contribution is 2.22. The van der Waals surface area contributed by atoms with E-state index >= 15 is 0 Å². The molecule has 1 aliphatic heterocycles. The SMILES string of the molecule is Cc1ccc(S(=O)(=O)Nc2ccccc2F)cc1C(=O)N1CCCN(Cc2ccccc2)CC1. The molecule has 4 rings (SSSR count). The molecule has 1 fully saturated rings. The van der Waals surface area contributed by atoms with Crippen LogP contribution in [-0.4, -0.2) is 50.3 Å². The summed E-state index contributed by atoms with van der Waals surface area (Å²) < 4.78 is 42.0. The van der Waals surface area contributed by atoms with Crippen LogP contribution in [0.5, 0.6) is 0 Å². The average Bonchev–Trinajstić information content (AvgIpc) is 3.06. The molecule has 6 nitrogen and oxygen atoms in total. The molecule has 0 atom stereocenters. The van der Waals surface area contributed by atoms with Gasteiger partial charge >= 0.3 is 0 Å². The fourth-order valence-corrected chi connectivity index (χ4v) is 5.18. The van der Waals surface area contributed by atoms with E-state index in [0.29, 0.717) is 24.2 Å². The molecule has 0 aromatic heterocycles. The highest BCUT2D eigenvalue weighted by Gasteiger charge is 2.24. The van der Waals surface area contributed by atoms with Crippen LogP contribution in [-0.2, 0) is 16.6 Å². The number of benzene rings is 3. The minimum atomic E-state index is -4.06. The van der Waals surface area contributed by atoms with E-state index in [4.69, 9.17) is 0 Å². The Labute approximate surface area is 200 Å². The summed E-state index contributed by atoms with van der Waals surface area (Å²) in [7, 11) is -4.06. The second-order valence-electron chi connectivity index (χ2n) is 8.47. The highest BCUT2D eigenvalue weighted by molar-refractivity contribution is 7.92. The van der Waals surface area contributed by atoms with Crippen molar-refractivity contribution in [2.75, 3.05) is 30.9 Å². The smallest absolute Gasteiger partial charge is 0.262 e. The molecular weight excluding hydrogens is 453 g/mol. The van der Waals surface area contributed by atoms with Gasteiger partial charge in [-0.25, -0.2) is 12.8 Å². The summed E-state index contributed by atoms with van der Waals surface area (Å²) in [6, 6.07) is 20.2. The van der Waals surface area contributed by atoms with E-state index in [1.807, 2.05) is 18.2 Å². The Bertz CT molecular complexity index is 1270. The first-order valence-electron chi connectivity index (χ1n) is 11.3. The van der Waals surface area contributed by atoms with Crippen molar-refractivity contribution < 1.29 is 17.6 Å². The lowest BCUT2D eigenvalue weighted by Gasteiger charge is -2.23. The summed E-state index contributed by atoms with van der Waals surface area (Å²) in [5.74, 6) is -0.860. The number of nitrogens with one attached hydrogen (secondary N) is 1. The average molecular weight is 482 g/mol. The van der Waals surface area contributed by atoms with Crippen LogP contribution in [0.15, 0.2) is 77.7 Å².